The van der Waals surface area contributed by atoms with E-state index in [0.717, 1.165) is 22.9 Å². The van der Waals surface area contributed by atoms with Crippen molar-refractivity contribution < 1.29 is 4.79 Å². The normalized spacial score (nSPS) is 10.6. The molecular weight excluding hydrogens is 392 g/mol. The number of nitrogens with zero attached hydrogens (tertiary/aromatic N) is 6. The Bertz CT molecular complexity index is 1190. The van der Waals surface area contributed by atoms with E-state index < -0.39 is 0 Å². The van der Waals surface area contributed by atoms with Gasteiger partial charge in [0.1, 0.15) is 12.0 Å². The number of nitrogens with one attached hydrogen (secondary N) is 2. The molecular formula is C22H22N8O. The Hall–Kier alpha value is -4.14. The van der Waals surface area contributed by atoms with Crippen LogP contribution in [0.25, 0.3) is 11.5 Å². The fraction of sp³-hybridized carbons (Fsp3) is 0.182. The zero-order valence-electron chi connectivity index (χ0n) is 17.3. The average Bonchev–Trinajstić information content (AvgIpc) is 3.17. The van der Waals surface area contributed by atoms with Crippen molar-refractivity contribution in [1.82, 2.24) is 35.0 Å². The van der Waals surface area contributed by atoms with Crippen LogP contribution in [0.1, 0.15) is 27.6 Å². The first-order chi connectivity index (χ1) is 15.1. The number of hydrogen-bond donors (Lipinski definition) is 2. The van der Waals surface area contributed by atoms with E-state index in [-0.39, 0.29) is 5.91 Å². The van der Waals surface area contributed by atoms with Crippen molar-refractivity contribution in [2.45, 2.75) is 20.0 Å². The van der Waals surface area contributed by atoms with Crippen LogP contribution in [0.5, 0.6) is 0 Å². The molecule has 9 nitrogen and oxygen atoms in total. The second kappa shape index (κ2) is 9.12. The van der Waals surface area contributed by atoms with Gasteiger partial charge in [-0.2, -0.15) is 0 Å². The van der Waals surface area contributed by atoms with Crippen LogP contribution in [0.15, 0.2) is 61.1 Å². The number of hydrogen-bond acceptors (Lipinski definition) is 7. The molecule has 3 heterocycles. The number of aromatic nitrogens is 6. The first-order valence-electron chi connectivity index (χ1n) is 9.79. The van der Waals surface area contributed by atoms with E-state index >= 15 is 0 Å². The van der Waals surface area contributed by atoms with Gasteiger partial charge in [-0.25, -0.2) is 9.97 Å². The predicted molar refractivity (Wildman–Crippen MR) is 116 cm³/mol. The summed E-state index contributed by atoms with van der Waals surface area (Å²) in [5.41, 5.74) is 3.83. The lowest BCUT2D eigenvalue weighted by molar-refractivity contribution is 0.0950. The number of pyridine rings is 1. The molecule has 3 aromatic heterocycles. The van der Waals surface area contributed by atoms with Crippen LogP contribution in [-0.4, -0.2) is 35.6 Å². The van der Waals surface area contributed by atoms with Crippen molar-refractivity contribution in [3.8, 4) is 11.5 Å². The van der Waals surface area contributed by atoms with Gasteiger partial charge in [-0.3, -0.25) is 9.78 Å². The molecule has 9 heteroatoms. The SMILES string of the molecule is Cc1cccc(CNC(=O)c2cccc(NCc3nnc(-c4ccncn4)n3C)c2)n1. The van der Waals surface area contributed by atoms with Crippen molar-refractivity contribution in [2.75, 3.05) is 5.32 Å². The first kappa shape index (κ1) is 20.1. The molecule has 0 spiro atoms. The highest BCUT2D eigenvalue weighted by molar-refractivity contribution is 5.95. The topological polar surface area (TPSA) is 111 Å². The summed E-state index contributed by atoms with van der Waals surface area (Å²) in [5.74, 6) is 1.25. The van der Waals surface area contributed by atoms with E-state index in [1.54, 1.807) is 24.4 Å². The van der Waals surface area contributed by atoms with Gasteiger partial charge >= 0.3 is 0 Å². The molecule has 4 aromatic rings. The molecule has 4 rings (SSSR count). The summed E-state index contributed by atoms with van der Waals surface area (Å²) in [5, 5.41) is 14.7. The molecule has 0 fully saturated rings. The molecule has 0 unspecified atom stereocenters. The highest BCUT2D eigenvalue weighted by Gasteiger charge is 2.12. The van der Waals surface area contributed by atoms with Gasteiger partial charge in [0, 0.05) is 30.2 Å². The lowest BCUT2D eigenvalue weighted by Crippen LogP contribution is -2.23. The van der Waals surface area contributed by atoms with Gasteiger partial charge in [-0.05, 0) is 43.3 Å². The maximum atomic E-state index is 12.5. The van der Waals surface area contributed by atoms with Gasteiger partial charge in [0.2, 0.25) is 0 Å². The number of anilines is 1. The third-order valence-corrected chi connectivity index (χ3v) is 4.73. The summed E-state index contributed by atoms with van der Waals surface area (Å²) in [6, 6.07) is 14.9. The Morgan fingerprint density at radius 3 is 2.74 bits per heavy atom. The predicted octanol–water partition coefficient (Wildman–Crippen LogP) is 2.52. The van der Waals surface area contributed by atoms with Crippen LogP contribution in [0.3, 0.4) is 0 Å². The van der Waals surface area contributed by atoms with Crippen LogP contribution < -0.4 is 10.6 Å². The Kier molecular flexibility index (Phi) is 5.93. The zero-order valence-corrected chi connectivity index (χ0v) is 17.3. The number of carbonyl (C=O) groups is 1. The maximum absolute atomic E-state index is 12.5. The molecule has 0 aliphatic heterocycles. The lowest BCUT2D eigenvalue weighted by atomic mass is 10.2. The highest BCUT2D eigenvalue weighted by atomic mass is 16.1. The molecule has 1 aromatic carbocycles. The summed E-state index contributed by atoms with van der Waals surface area (Å²) in [4.78, 5) is 25.1. The number of aryl methyl sites for hydroxylation is 1. The minimum absolute atomic E-state index is 0.156. The van der Waals surface area contributed by atoms with E-state index in [4.69, 9.17) is 0 Å². The van der Waals surface area contributed by atoms with Crippen LogP contribution in [-0.2, 0) is 20.1 Å². The Labute approximate surface area is 179 Å². The van der Waals surface area contributed by atoms with Gasteiger partial charge in [0.05, 0.1) is 18.8 Å². The monoisotopic (exact) mass is 414 g/mol. The van der Waals surface area contributed by atoms with Crippen molar-refractivity contribution >= 4 is 11.6 Å². The van der Waals surface area contributed by atoms with Crippen molar-refractivity contribution in [1.29, 1.82) is 0 Å². The Balaban J connectivity index is 1.39. The number of amides is 1. The van der Waals surface area contributed by atoms with E-state index in [1.165, 1.54) is 6.33 Å². The summed E-state index contributed by atoms with van der Waals surface area (Å²) in [6.07, 6.45) is 3.15. The highest BCUT2D eigenvalue weighted by Crippen LogP contribution is 2.16. The number of carbonyl (C=O) groups excluding carboxylic acids is 1. The molecule has 156 valence electrons. The standard InChI is InChI=1S/C22H22N8O/c1-15-5-3-8-18(27-15)12-25-22(31)16-6-4-7-17(11-16)24-13-20-28-29-21(30(20)2)19-9-10-23-14-26-19/h3-11,14,24H,12-13H2,1-2H3,(H,25,31). The van der Waals surface area contributed by atoms with Crippen LogP contribution >= 0.6 is 0 Å². The average molecular weight is 414 g/mol. The second-order valence-electron chi connectivity index (χ2n) is 6.98. The third-order valence-electron chi connectivity index (χ3n) is 4.73. The minimum atomic E-state index is -0.156. The zero-order chi connectivity index (χ0) is 21.6. The summed E-state index contributed by atoms with van der Waals surface area (Å²) in [7, 11) is 1.89. The van der Waals surface area contributed by atoms with Crippen LogP contribution in [0, 0.1) is 6.92 Å². The minimum Gasteiger partial charge on any atom is -0.378 e. The van der Waals surface area contributed by atoms with Crippen molar-refractivity contribution in [2.24, 2.45) is 7.05 Å². The molecule has 0 saturated heterocycles. The van der Waals surface area contributed by atoms with Gasteiger partial charge in [-0.15, -0.1) is 10.2 Å². The molecule has 0 aliphatic carbocycles. The Morgan fingerprint density at radius 2 is 1.94 bits per heavy atom. The lowest BCUT2D eigenvalue weighted by Gasteiger charge is -2.09. The van der Waals surface area contributed by atoms with Gasteiger partial charge < -0.3 is 15.2 Å². The fourth-order valence-electron chi connectivity index (χ4n) is 3.08. The largest absolute Gasteiger partial charge is 0.378 e. The smallest absolute Gasteiger partial charge is 0.251 e. The quantitative estimate of drug-likeness (QED) is 0.478. The van der Waals surface area contributed by atoms with Crippen molar-refractivity contribution in [3.63, 3.8) is 0 Å². The second-order valence-corrected chi connectivity index (χ2v) is 6.98. The molecule has 31 heavy (non-hydrogen) atoms. The Morgan fingerprint density at radius 1 is 1.06 bits per heavy atom. The fourth-order valence-corrected chi connectivity index (χ4v) is 3.08. The summed E-state index contributed by atoms with van der Waals surface area (Å²) in [6.45, 7) is 2.75. The summed E-state index contributed by atoms with van der Waals surface area (Å²) < 4.78 is 1.88. The maximum Gasteiger partial charge on any atom is 0.251 e. The van der Waals surface area contributed by atoms with Gasteiger partial charge in [-0.1, -0.05) is 12.1 Å². The number of benzene rings is 1. The molecule has 1 amide bonds. The third kappa shape index (κ3) is 4.89. The van der Waals surface area contributed by atoms with E-state index in [9.17, 15) is 4.79 Å². The van der Waals surface area contributed by atoms with Gasteiger partial charge in [0.25, 0.3) is 5.91 Å². The summed E-state index contributed by atoms with van der Waals surface area (Å²) >= 11 is 0. The molecule has 0 radical (unpaired) electrons. The molecule has 0 bridgehead atoms. The van der Waals surface area contributed by atoms with Crippen LogP contribution in [0.4, 0.5) is 5.69 Å². The van der Waals surface area contributed by atoms with E-state index in [0.29, 0.717) is 30.2 Å². The van der Waals surface area contributed by atoms with E-state index in [1.807, 2.05) is 48.9 Å². The number of rotatable bonds is 7. The van der Waals surface area contributed by atoms with Crippen molar-refractivity contribution in [3.05, 3.63) is 83.8 Å². The molecule has 2 N–H and O–H groups in total. The van der Waals surface area contributed by atoms with Gasteiger partial charge in [0.15, 0.2) is 11.6 Å². The molecule has 0 atom stereocenters. The first-order valence-corrected chi connectivity index (χ1v) is 9.79. The molecule has 0 saturated carbocycles. The van der Waals surface area contributed by atoms with Crippen LogP contribution in [0.2, 0.25) is 0 Å². The molecule has 0 aliphatic rings. The van der Waals surface area contributed by atoms with E-state index in [2.05, 4.69) is 35.8 Å².